The number of rotatable bonds is 7. The number of benzene rings is 3. The quantitative estimate of drug-likeness (QED) is 0.305. The zero-order valence-electron chi connectivity index (χ0n) is 16.5. The highest BCUT2D eigenvalue weighted by Crippen LogP contribution is 2.31. The fraction of sp³-hybridized carbons (Fsp3) is 0.125. The summed E-state index contributed by atoms with van der Waals surface area (Å²) in [6, 6.07) is 20.4. The van der Waals surface area contributed by atoms with Crippen LogP contribution in [0.1, 0.15) is 16.7 Å². The Morgan fingerprint density at radius 1 is 0.967 bits per heavy atom. The molecule has 0 aliphatic carbocycles. The zero-order chi connectivity index (χ0) is 21.5. The Labute approximate surface area is 185 Å². The molecule has 0 atom stereocenters. The number of halogens is 2. The molecular formula is C24H19Cl2NO3. The molecule has 0 spiro atoms. The third kappa shape index (κ3) is 5.27. The zero-order valence-corrected chi connectivity index (χ0v) is 18.0. The van der Waals surface area contributed by atoms with E-state index in [1.807, 2.05) is 36.4 Å². The highest BCUT2D eigenvalue weighted by Gasteiger charge is 2.09. The van der Waals surface area contributed by atoms with E-state index in [9.17, 15) is 5.26 Å². The number of hydrogen-bond acceptors (Lipinski definition) is 4. The number of hydrogen-bond donors (Lipinski definition) is 0. The Hall–Kier alpha value is -3.13. The molecule has 3 rings (SSSR count). The van der Waals surface area contributed by atoms with Gasteiger partial charge in [-0.1, -0.05) is 41.4 Å². The van der Waals surface area contributed by atoms with Crippen molar-refractivity contribution in [3.63, 3.8) is 0 Å². The molecule has 0 aliphatic rings. The fourth-order valence-electron chi connectivity index (χ4n) is 2.84. The first-order valence-corrected chi connectivity index (χ1v) is 9.80. The Bertz CT molecular complexity index is 1120. The largest absolute Gasteiger partial charge is 0.493 e. The minimum Gasteiger partial charge on any atom is -0.493 e. The molecule has 30 heavy (non-hydrogen) atoms. The average molecular weight is 440 g/mol. The molecule has 3 aromatic rings. The molecule has 0 fully saturated rings. The van der Waals surface area contributed by atoms with Crippen molar-refractivity contribution in [2.45, 2.75) is 6.61 Å². The first kappa shape index (κ1) is 21.6. The standard InChI is InChI=1S/C24H19Cl2NO3/c1-28-23-9-7-17(12-24(23)29-2)19(14-27)10-16-4-3-5-21(11-16)30-15-18-6-8-20(25)13-22(18)26/h3-13H,15H2,1-2H3/b19-10+. The van der Waals surface area contributed by atoms with E-state index in [1.165, 1.54) is 0 Å². The van der Waals surface area contributed by atoms with Crippen LogP contribution in [0.5, 0.6) is 17.2 Å². The summed E-state index contributed by atoms with van der Waals surface area (Å²) in [5, 5.41) is 10.8. The third-order valence-electron chi connectivity index (χ3n) is 4.39. The van der Waals surface area contributed by atoms with Crippen LogP contribution in [0.3, 0.4) is 0 Å². The van der Waals surface area contributed by atoms with Gasteiger partial charge in [-0.3, -0.25) is 0 Å². The van der Waals surface area contributed by atoms with Crippen LogP contribution in [-0.2, 0) is 6.61 Å². The second kappa shape index (κ2) is 10.1. The minimum atomic E-state index is 0.309. The van der Waals surface area contributed by atoms with Crippen molar-refractivity contribution in [2.24, 2.45) is 0 Å². The summed E-state index contributed by atoms with van der Waals surface area (Å²) in [5.41, 5.74) is 2.90. The third-order valence-corrected chi connectivity index (χ3v) is 4.98. The molecule has 0 N–H and O–H groups in total. The van der Waals surface area contributed by atoms with Crippen molar-refractivity contribution in [3.8, 4) is 23.3 Å². The fourth-order valence-corrected chi connectivity index (χ4v) is 3.31. The minimum absolute atomic E-state index is 0.309. The van der Waals surface area contributed by atoms with Crippen LogP contribution in [0.25, 0.3) is 11.6 Å². The summed E-state index contributed by atoms with van der Waals surface area (Å²) in [4.78, 5) is 0. The summed E-state index contributed by atoms with van der Waals surface area (Å²) in [5.74, 6) is 1.84. The molecule has 0 unspecified atom stereocenters. The maximum atomic E-state index is 9.66. The molecule has 3 aromatic carbocycles. The van der Waals surface area contributed by atoms with Crippen molar-refractivity contribution in [3.05, 3.63) is 87.4 Å². The number of ether oxygens (including phenoxy) is 3. The van der Waals surface area contributed by atoms with E-state index in [2.05, 4.69) is 6.07 Å². The summed E-state index contributed by atoms with van der Waals surface area (Å²) in [6.45, 7) is 0.309. The van der Waals surface area contributed by atoms with E-state index < -0.39 is 0 Å². The topological polar surface area (TPSA) is 51.5 Å². The smallest absolute Gasteiger partial charge is 0.161 e. The molecule has 4 nitrogen and oxygen atoms in total. The molecular weight excluding hydrogens is 421 g/mol. The van der Waals surface area contributed by atoms with E-state index in [1.54, 1.807) is 44.6 Å². The lowest BCUT2D eigenvalue weighted by Crippen LogP contribution is -1.96. The van der Waals surface area contributed by atoms with Crippen molar-refractivity contribution in [2.75, 3.05) is 14.2 Å². The van der Waals surface area contributed by atoms with Crippen LogP contribution in [0, 0.1) is 11.3 Å². The molecule has 6 heteroatoms. The Balaban J connectivity index is 1.82. The Morgan fingerprint density at radius 2 is 1.77 bits per heavy atom. The predicted octanol–water partition coefficient (Wildman–Crippen LogP) is 6.65. The van der Waals surface area contributed by atoms with Gasteiger partial charge in [0.15, 0.2) is 11.5 Å². The summed E-state index contributed by atoms with van der Waals surface area (Å²) in [7, 11) is 3.13. The van der Waals surface area contributed by atoms with Gasteiger partial charge in [-0.2, -0.15) is 5.26 Å². The lowest BCUT2D eigenvalue weighted by atomic mass is 10.0. The first-order valence-electron chi connectivity index (χ1n) is 9.05. The van der Waals surface area contributed by atoms with Crippen LogP contribution < -0.4 is 14.2 Å². The maximum Gasteiger partial charge on any atom is 0.161 e. The Morgan fingerprint density at radius 3 is 2.47 bits per heavy atom. The summed E-state index contributed by atoms with van der Waals surface area (Å²) < 4.78 is 16.5. The van der Waals surface area contributed by atoms with Crippen LogP contribution in [0.2, 0.25) is 10.0 Å². The van der Waals surface area contributed by atoms with Crippen LogP contribution in [-0.4, -0.2) is 14.2 Å². The van der Waals surface area contributed by atoms with Crippen LogP contribution >= 0.6 is 23.2 Å². The molecule has 0 saturated carbocycles. The molecule has 0 amide bonds. The lowest BCUT2D eigenvalue weighted by molar-refractivity contribution is 0.306. The molecule has 0 aliphatic heterocycles. The van der Waals surface area contributed by atoms with E-state index in [4.69, 9.17) is 37.4 Å². The van der Waals surface area contributed by atoms with Gasteiger partial charge in [-0.05, 0) is 59.7 Å². The molecule has 0 aromatic heterocycles. The van der Waals surface area contributed by atoms with Crippen molar-refractivity contribution >= 4 is 34.9 Å². The second-order valence-corrected chi connectivity index (χ2v) is 7.18. The van der Waals surface area contributed by atoms with E-state index >= 15 is 0 Å². The van der Waals surface area contributed by atoms with Gasteiger partial charge in [0.25, 0.3) is 0 Å². The number of allylic oxidation sites excluding steroid dienone is 1. The molecule has 0 saturated heterocycles. The molecule has 0 radical (unpaired) electrons. The second-order valence-electron chi connectivity index (χ2n) is 6.34. The van der Waals surface area contributed by atoms with Gasteiger partial charge >= 0.3 is 0 Å². The number of nitriles is 1. The van der Waals surface area contributed by atoms with Gasteiger partial charge in [0, 0.05) is 15.6 Å². The van der Waals surface area contributed by atoms with Gasteiger partial charge in [-0.15, -0.1) is 0 Å². The molecule has 152 valence electrons. The number of methoxy groups -OCH3 is 2. The van der Waals surface area contributed by atoms with E-state index in [0.717, 1.165) is 16.7 Å². The average Bonchev–Trinajstić information content (AvgIpc) is 2.76. The highest BCUT2D eigenvalue weighted by atomic mass is 35.5. The Kier molecular flexibility index (Phi) is 7.24. The van der Waals surface area contributed by atoms with Gasteiger partial charge in [0.05, 0.1) is 25.9 Å². The first-order chi connectivity index (χ1) is 14.5. The maximum absolute atomic E-state index is 9.66. The lowest BCUT2D eigenvalue weighted by Gasteiger charge is -2.10. The monoisotopic (exact) mass is 439 g/mol. The normalized spacial score (nSPS) is 11.0. The van der Waals surface area contributed by atoms with Gasteiger partial charge in [0.1, 0.15) is 12.4 Å². The van der Waals surface area contributed by atoms with Gasteiger partial charge in [-0.25, -0.2) is 0 Å². The molecule has 0 heterocycles. The summed E-state index contributed by atoms with van der Waals surface area (Å²) in [6.07, 6.45) is 1.80. The van der Waals surface area contributed by atoms with E-state index in [-0.39, 0.29) is 0 Å². The van der Waals surface area contributed by atoms with Crippen LogP contribution in [0.4, 0.5) is 0 Å². The van der Waals surface area contributed by atoms with Crippen molar-refractivity contribution in [1.29, 1.82) is 5.26 Å². The highest BCUT2D eigenvalue weighted by molar-refractivity contribution is 6.35. The van der Waals surface area contributed by atoms with Gasteiger partial charge in [0.2, 0.25) is 0 Å². The van der Waals surface area contributed by atoms with E-state index in [0.29, 0.717) is 39.5 Å². The predicted molar refractivity (Wildman–Crippen MR) is 120 cm³/mol. The summed E-state index contributed by atoms with van der Waals surface area (Å²) >= 11 is 12.1. The molecule has 0 bridgehead atoms. The van der Waals surface area contributed by atoms with Crippen molar-refractivity contribution < 1.29 is 14.2 Å². The number of nitrogens with zero attached hydrogens (tertiary/aromatic N) is 1. The van der Waals surface area contributed by atoms with Crippen LogP contribution in [0.15, 0.2) is 60.7 Å². The SMILES string of the molecule is COc1ccc(/C(C#N)=C/c2cccc(OCc3ccc(Cl)cc3Cl)c2)cc1OC. The van der Waals surface area contributed by atoms with Gasteiger partial charge < -0.3 is 14.2 Å². The van der Waals surface area contributed by atoms with Crippen molar-refractivity contribution in [1.82, 2.24) is 0 Å².